The molecule has 2 nitrogen and oxygen atoms in total. The van der Waals surface area contributed by atoms with Crippen LogP contribution in [0.3, 0.4) is 0 Å². The van der Waals surface area contributed by atoms with Gasteiger partial charge in [-0.15, -0.1) is 0 Å². The number of hydrogen-bond donors (Lipinski definition) is 1. The van der Waals surface area contributed by atoms with Crippen LogP contribution in [0.15, 0.2) is 24.4 Å². The SMILES string of the molecule is Cn1cc(Cl)c2c(CO)cccc21. The van der Waals surface area contributed by atoms with Gasteiger partial charge in [0.1, 0.15) is 0 Å². The topological polar surface area (TPSA) is 25.2 Å². The molecule has 0 atom stereocenters. The van der Waals surface area contributed by atoms with Crippen molar-refractivity contribution in [3.63, 3.8) is 0 Å². The van der Waals surface area contributed by atoms with E-state index in [2.05, 4.69) is 0 Å². The van der Waals surface area contributed by atoms with Gasteiger partial charge in [-0.1, -0.05) is 23.7 Å². The van der Waals surface area contributed by atoms with Crippen molar-refractivity contribution in [1.29, 1.82) is 0 Å². The minimum absolute atomic E-state index is 0.0288. The van der Waals surface area contributed by atoms with Gasteiger partial charge in [0.05, 0.1) is 11.6 Å². The van der Waals surface area contributed by atoms with Gasteiger partial charge in [-0.25, -0.2) is 0 Å². The van der Waals surface area contributed by atoms with Crippen LogP contribution in [0.1, 0.15) is 5.56 Å². The molecular formula is C10H10ClNO. The molecule has 0 saturated carbocycles. The summed E-state index contributed by atoms with van der Waals surface area (Å²) in [5, 5.41) is 10.8. The molecule has 68 valence electrons. The molecule has 0 saturated heterocycles. The van der Waals surface area contributed by atoms with Crippen molar-refractivity contribution in [2.75, 3.05) is 0 Å². The molecule has 0 bridgehead atoms. The molecule has 0 aliphatic rings. The summed E-state index contributed by atoms with van der Waals surface area (Å²) in [6.07, 6.45) is 1.85. The molecule has 0 unspecified atom stereocenters. The second kappa shape index (κ2) is 3.05. The van der Waals surface area contributed by atoms with Crippen molar-refractivity contribution < 1.29 is 5.11 Å². The van der Waals surface area contributed by atoms with E-state index in [0.29, 0.717) is 5.02 Å². The van der Waals surface area contributed by atoms with Gasteiger partial charge >= 0.3 is 0 Å². The monoisotopic (exact) mass is 195 g/mol. The van der Waals surface area contributed by atoms with Crippen molar-refractivity contribution in [2.24, 2.45) is 7.05 Å². The smallest absolute Gasteiger partial charge is 0.0688 e. The molecule has 13 heavy (non-hydrogen) atoms. The molecule has 3 heteroatoms. The summed E-state index contributed by atoms with van der Waals surface area (Å²) in [5.74, 6) is 0. The second-order valence-corrected chi connectivity index (χ2v) is 3.46. The average Bonchev–Trinajstić information content (AvgIpc) is 2.43. The van der Waals surface area contributed by atoms with Gasteiger partial charge in [0, 0.05) is 24.1 Å². The Hall–Kier alpha value is -0.990. The van der Waals surface area contributed by atoms with Gasteiger partial charge in [-0.3, -0.25) is 0 Å². The van der Waals surface area contributed by atoms with Crippen LogP contribution in [0.4, 0.5) is 0 Å². The summed E-state index contributed by atoms with van der Waals surface area (Å²) in [4.78, 5) is 0. The summed E-state index contributed by atoms with van der Waals surface area (Å²) < 4.78 is 1.96. The van der Waals surface area contributed by atoms with Crippen LogP contribution in [0.5, 0.6) is 0 Å². The van der Waals surface area contributed by atoms with Crippen molar-refractivity contribution >= 4 is 22.5 Å². The van der Waals surface area contributed by atoms with E-state index in [1.807, 2.05) is 36.0 Å². The maximum atomic E-state index is 9.10. The van der Waals surface area contributed by atoms with E-state index < -0.39 is 0 Å². The number of rotatable bonds is 1. The summed E-state index contributed by atoms with van der Waals surface area (Å²) in [6, 6.07) is 5.79. The Bertz CT molecular complexity index is 447. The van der Waals surface area contributed by atoms with Gasteiger partial charge in [-0.2, -0.15) is 0 Å². The normalized spacial score (nSPS) is 11.0. The Morgan fingerprint density at radius 1 is 1.46 bits per heavy atom. The summed E-state index contributed by atoms with van der Waals surface area (Å²) in [5.41, 5.74) is 1.93. The highest BCUT2D eigenvalue weighted by atomic mass is 35.5. The minimum atomic E-state index is 0.0288. The first kappa shape index (κ1) is 8.60. The van der Waals surface area contributed by atoms with Gasteiger partial charge in [-0.05, 0) is 11.6 Å². The molecule has 1 heterocycles. The zero-order chi connectivity index (χ0) is 9.42. The van der Waals surface area contributed by atoms with Crippen molar-refractivity contribution in [3.05, 3.63) is 35.0 Å². The van der Waals surface area contributed by atoms with Gasteiger partial charge in [0.25, 0.3) is 0 Å². The Kier molecular flexibility index (Phi) is 2.02. The molecular weight excluding hydrogens is 186 g/mol. The zero-order valence-corrected chi connectivity index (χ0v) is 8.04. The Balaban J connectivity index is 2.88. The van der Waals surface area contributed by atoms with Crippen LogP contribution in [0.2, 0.25) is 5.02 Å². The first-order valence-corrected chi connectivity index (χ1v) is 4.45. The fourth-order valence-corrected chi connectivity index (χ4v) is 1.96. The maximum absolute atomic E-state index is 9.10. The number of nitrogens with zero attached hydrogens (tertiary/aromatic N) is 1. The molecule has 2 rings (SSSR count). The summed E-state index contributed by atoms with van der Waals surface area (Å²) in [6.45, 7) is 0.0288. The van der Waals surface area contributed by atoms with Crippen LogP contribution in [0, 0.1) is 0 Å². The number of hydrogen-bond acceptors (Lipinski definition) is 1. The number of halogens is 1. The third-order valence-corrected chi connectivity index (χ3v) is 2.51. The number of aryl methyl sites for hydroxylation is 1. The number of benzene rings is 1. The van der Waals surface area contributed by atoms with E-state index >= 15 is 0 Å². The molecule has 1 aromatic heterocycles. The fourth-order valence-electron chi connectivity index (χ4n) is 1.59. The third kappa shape index (κ3) is 1.23. The predicted octanol–water partition coefficient (Wildman–Crippen LogP) is 2.32. The molecule has 0 amide bonds. The lowest BCUT2D eigenvalue weighted by molar-refractivity contribution is 0.283. The van der Waals surface area contributed by atoms with E-state index in [1.54, 1.807) is 0 Å². The Labute approximate surface area is 81.4 Å². The van der Waals surface area contributed by atoms with Crippen LogP contribution in [0.25, 0.3) is 10.9 Å². The number of aliphatic hydroxyl groups excluding tert-OH is 1. The molecule has 0 aliphatic heterocycles. The molecule has 0 spiro atoms. The van der Waals surface area contributed by atoms with E-state index in [9.17, 15) is 0 Å². The van der Waals surface area contributed by atoms with E-state index in [-0.39, 0.29) is 6.61 Å². The second-order valence-electron chi connectivity index (χ2n) is 3.06. The van der Waals surface area contributed by atoms with E-state index in [1.165, 1.54) is 0 Å². The third-order valence-electron chi connectivity index (χ3n) is 2.22. The molecule has 0 radical (unpaired) electrons. The number of aromatic nitrogens is 1. The lowest BCUT2D eigenvalue weighted by atomic mass is 10.1. The maximum Gasteiger partial charge on any atom is 0.0688 e. The standard InChI is InChI=1S/C10H10ClNO/c1-12-5-8(11)10-7(6-13)3-2-4-9(10)12/h2-5,13H,6H2,1H3. The van der Waals surface area contributed by atoms with Crippen molar-refractivity contribution in [3.8, 4) is 0 Å². The van der Waals surface area contributed by atoms with Crippen molar-refractivity contribution in [2.45, 2.75) is 6.61 Å². The average molecular weight is 196 g/mol. The molecule has 0 fully saturated rings. The van der Waals surface area contributed by atoms with Gasteiger partial charge in [0.15, 0.2) is 0 Å². The summed E-state index contributed by atoms with van der Waals surface area (Å²) in [7, 11) is 1.94. The largest absolute Gasteiger partial charge is 0.392 e. The fraction of sp³-hybridized carbons (Fsp3) is 0.200. The molecule has 1 N–H and O–H groups in total. The lowest BCUT2D eigenvalue weighted by Gasteiger charge is -2.00. The molecule has 1 aromatic carbocycles. The van der Waals surface area contributed by atoms with E-state index in [0.717, 1.165) is 16.5 Å². The van der Waals surface area contributed by atoms with Gasteiger partial charge in [0.2, 0.25) is 0 Å². The highest BCUT2D eigenvalue weighted by Crippen LogP contribution is 2.28. The van der Waals surface area contributed by atoms with Crippen molar-refractivity contribution in [1.82, 2.24) is 4.57 Å². The van der Waals surface area contributed by atoms with E-state index in [4.69, 9.17) is 16.7 Å². The lowest BCUT2D eigenvalue weighted by Crippen LogP contribution is -1.86. The summed E-state index contributed by atoms with van der Waals surface area (Å²) >= 11 is 6.03. The van der Waals surface area contributed by atoms with Crippen LogP contribution < -0.4 is 0 Å². The predicted molar refractivity (Wildman–Crippen MR) is 53.9 cm³/mol. The first-order chi connectivity index (χ1) is 6.24. The quantitative estimate of drug-likeness (QED) is 0.743. The Morgan fingerprint density at radius 3 is 2.92 bits per heavy atom. The molecule has 2 aromatic rings. The van der Waals surface area contributed by atoms with Gasteiger partial charge < -0.3 is 9.67 Å². The minimum Gasteiger partial charge on any atom is -0.392 e. The van der Waals surface area contributed by atoms with Crippen LogP contribution in [-0.2, 0) is 13.7 Å². The zero-order valence-electron chi connectivity index (χ0n) is 7.29. The number of aliphatic hydroxyl groups is 1. The highest BCUT2D eigenvalue weighted by molar-refractivity contribution is 6.35. The Morgan fingerprint density at radius 2 is 2.23 bits per heavy atom. The van der Waals surface area contributed by atoms with Crippen LogP contribution >= 0.6 is 11.6 Å². The first-order valence-electron chi connectivity index (χ1n) is 4.07. The number of fused-ring (bicyclic) bond motifs is 1. The molecule has 0 aliphatic carbocycles. The van der Waals surface area contributed by atoms with Crippen LogP contribution in [-0.4, -0.2) is 9.67 Å². The highest BCUT2D eigenvalue weighted by Gasteiger charge is 2.07.